The van der Waals surface area contributed by atoms with Crippen molar-refractivity contribution in [1.29, 1.82) is 0 Å². The third kappa shape index (κ3) is 2.86. The number of pyridine rings is 1. The molecule has 0 aliphatic carbocycles. The van der Waals surface area contributed by atoms with Gasteiger partial charge in [-0.05, 0) is 55.5 Å². The third-order valence-corrected chi connectivity index (χ3v) is 4.70. The first-order valence-electron chi connectivity index (χ1n) is 8.20. The molecule has 0 radical (unpaired) electrons. The molecule has 0 aliphatic rings. The van der Waals surface area contributed by atoms with Crippen LogP contribution in [-0.2, 0) is 7.05 Å². The Balaban J connectivity index is 1.65. The molecule has 0 spiro atoms. The second-order valence-electron chi connectivity index (χ2n) is 6.17. The van der Waals surface area contributed by atoms with Gasteiger partial charge in [0.25, 0.3) is 0 Å². The Hall–Kier alpha value is -3.05. The third-order valence-electron chi connectivity index (χ3n) is 4.45. The molecule has 2 aromatic carbocycles. The molecule has 0 saturated heterocycles. The molecule has 2 amide bonds. The standard InChI is InChI=1S/C20H17ClN4O/c1-12-19-16(9-10-22-12)17-11-15(7-8-18(17)25(19)2)24-20(26)23-14-5-3-13(21)4-6-14/h3-11H,1-2H3,(H2,23,24,26). The number of hydrogen-bond acceptors (Lipinski definition) is 2. The van der Waals surface area contributed by atoms with E-state index in [2.05, 4.69) is 20.2 Å². The zero-order chi connectivity index (χ0) is 18.3. The van der Waals surface area contributed by atoms with E-state index in [1.165, 1.54) is 0 Å². The molecule has 26 heavy (non-hydrogen) atoms. The van der Waals surface area contributed by atoms with Crippen LogP contribution in [0.3, 0.4) is 0 Å². The van der Waals surface area contributed by atoms with E-state index in [1.807, 2.05) is 44.4 Å². The lowest BCUT2D eigenvalue weighted by Gasteiger charge is -2.08. The van der Waals surface area contributed by atoms with Gasteiger partial charge in [0, 0.05) is 45.9 Å². The first-order valence-corrected chi connectivity index (χ1v) is 8.58. The van der Waals surface area contributed by atoms with Crippen LogP contribution < -0.4 is 10.6 Å². The highest BCUT2D eigenvalue weighted by Crippen LogP contribution is 2.31. The maximum atomic E-state index is 12.3. The van der Waals surface area contributed by atoms with Gasteiger partial charge in [-0.15, -0.1) is 0 Å². The average Bonchev–Trinajstić information content (AvgIpc) is 2.90. The van der Waals surface area contributed by atoms with Crippen LogP contribution >= 0.6 is 11.6 Å². The Morgan fingerprint density at radius 2 is 1.69 bits per heavy atom. The molecule has 2 aromatic heterocycles. The molecule has 0 aliphatic heterocycles. The quantitative estimate of drug-likeness (QED) is 0.505. The number of hydrogen-bond donors (Lipinski definition) is 2. The van der Waals surface area contributed by atoms with Gasteiger partial charge in [0.05, 0.1) is 11.2 Å². The number of nitrogens with zero attached hydrogens (tertiary/aromatic N) is 2. The van der Waals surface area contributed by atoms with Gasteiger partial charge in [-0.2, -0.15) is 0 Å². The summed E-state index contributed by atoms with van der Waals surface area (Å²) in [4.78, 5) is 16.6. The summed E-state index contributed by atoms with van der Waals surface area (Å²) >= 11 is 5.86. The number of anilines is 2. The van der Waals surface area contributed by atoms with Crippen molar-refractivity contribution in [3.63, 3.8) is 0 Å². The summed E-state index contributed by atoms with van der Waals surface area (Å²) in [6, 6.07) is 14.6. The summed E-state index contributed by atoms with van der Waals surface area (Å²) in [6.07, 6.45) is 1.81. The predicted octanol–water partition coefficient (Wildman–Crippen LogP) is 5.33. The Labute approximate surface area is 155 Å². The van der Waals surface area contributed by atoms with Crippen LogP contribution in [0.2, 0.25) is 5.02 Å². The van der Waals surface area contributed by atoms with E-state index >= 15 is 0 Å². The van der Waals surface area contributed by atoms with E-state index in [0.717, 1.165) is 33.2 Å². The van der Waals surface area contributed by atoms with E-state index in [1.54, 1.807) is 24.3 Å². The van der Waals surface area contributed by atoms with Gasteiger partial charge >= 0.3 is 6.03 Å². The Morgan fingerprint density at radius 3 is 2.46 bits per heavy atom. The Bertz CT molecular complexity index is 1130. The Kier molecular flexibility index (Phi) is 4.01. The van der Waals surface area contributed by atoms with Crippen molar-refractivity contribution in [1.82, 2.24) is 9.55 Å². The molecule has 2 heterocycles. The number of rotatable bonds is 2. The number of aryl methyl sites for hydroxylation is 2. The highest BCUT2D eigenvalue weighted by molar-refractivity contribution is 6.30. The second kappa shape index (κ2) is 6.35. The molecule has 0 bridgehead atoms. The Morgan fingerprint density at radius 1 is 1.00 bits per heavy atom. The monoisotopic (exact) mass is 364 g/mol. The molecule has 0 atom stereocenters. The van der Waals surface area contributed by atoms with Crippen LogP contribution in [0, 0.1) is 6.92 Å². The van der Waals surface area contributed by atoms with Crippen molar-refractivity contribution in [2.75, 3.05) is 10.6 Å². The highest BCUT2D eigenvalue weighted by atomic mass is 35.5. The van der Waals surface area contributed by atoms with Crippen molar-refractivity contribution in [2.45, 2.75) is 6.92 Å². The molecule has 6 heteroatoms. The van der Waals surface area contributed by atoms with Crippen LogP contribution in [0.1, 0.15) is 5.69 Å². The number of urea groups is 1. The minimum atomic E-state index is -0.301. The van der Waals surface area contributed by atoms with Crippen molar-refractivity contribution in [3.8, 4) is 0 Å². The van der Waals surface area contributed by atoms with Gasteiger partial charge in [0.2, 0.25) is 0 Å². The van der Waals surface area contributed by atoms with Crippen molar-refractivity contribution >= 4 is 50.8 Å². The molecule has 0 saturated carbocycles. The van der Waals surface area contributed by atoms with Gasteiger partial charge in [-0.3, -0.25) is 4.98 Å². The maximum Gasteiger partial charge on any atom is 0.323 e. The van der Waals surface area contributed by atoms with Gasteiger partial charge in [0.1, 0.15) is 0 Å². The molecule has 4 aromatic rings. The largest absolute Gasteiger partial charge is 0.342 e. The van der Waals surface area contributed by atoms with Crippen molar-refractivity contribution in [2.24, 2.45) is 7.05 Å². The molecular formula is C20H17ClN4O. The summed E-state index contributed by atoms with van der Waals surface area (Å²) < 4.78 is 2.13. The molecule has 5 nitrogen and oxygen atoms in total. The predicted molar refractivity (Wildman–Crippen MR) is 107 cm³/mol. The lowest BCUT2D eigenvalue weighted by Crippen LogP contribution is -2.19. The molecule has 0 fully saturated rings. The topological polar surface area (TPSA) is 59.0 Å². The SMILES string of the molecule is Cc1nccc2c3cc(NC(=O)Nc4ccc(Cl)cc4)ccc3n(C)c12. The van der Waals surface area contributed by atoms with Crippen LogP contribution in [0.5, 0.6) is 0 Å². The fourth-order valence-corrected chi connectivity index (χ4v) is 3.39. The zero-order valence-electron chi connectivity index (χ0n) is 14.4. The molecular weight excluding hydrogens is 348 g/mol. The molecule has 0 unspecified atom stereocenters. The van der Waals surface area contributed by atoms with E-state index < -0.39 is 0 Å². The van der Waals surface area contributed by atoms with Gasteiger partial charge in [-0.25, -0.2) is 4.79 Å². The van der Waals surface area contributed by atoms with Crippen LogP contribution in [-0.4, -0.2) is 15.6 Å². The van der Waals surface area contributed by atoms with Crippen LogP contribution in [0.15, 0.2) is 54.7 Å². The summed E-state index contributed by atoms with van der Waals surface area (Å²) in [7, 11) is 2.03. The zero-order valence-corrected chi connectivity index (χ0v) is 15.1. The number of fused-ring (bicyclic) bond motifs is 3. The number of aromatic nitrogens is 2. The molecule has 130 valence electrons. The smallest absolute Gasteiger partial charge is 0.323 e. The lowest BCUT2D eigenvalue weighted by atomic mass is 10.1. The highest BCUT2D eigenvalue weighted by Gasteiger charge is 2.12. The van der Waals surface area contributed by atoms with E-state index in [0.29, 0.717) is 10.7 Å². The van der Waals surface area contributed by atoms with Gasteiger partial charge in [-0.1, -0.05) is 11.6 Å². The average molecular weight is 365 g/mol. The number of carbonyl (C=O) groups is 1. The second-order valence-corrected chi connectivity index (χ2v) is 6.61. The fraction of sp³-hybridized carbons (Fsp3) is 0.100. The van der Waals surface area contributed by atoms with Crippen molar-refractivity contribution in [3.05, 3.63) is 65.4 Å². The maximum absolute atomic E-state index is 12.3. The summed E-state index contributed by atoms with van der Waals surface area (Å²) in [6.45, 7) is 2.00. The number of benzene rings is 2. The molecule has 4 rings (SSSR count). The molecule has 2 N–H and O–H groups in total. The summed E-state index contributed by atoms with van der Waals surface area (Å²) in [5, 5.41) is 8.50. The van der Waals surface area contributed by atoms with E-state index in [-0.39, 0.29) is 6.03 Å². The van der Waals surface area contributed by atoms with E-state index in [9.17, 15) is 4.79 Å². The van der Waals surface area contributed by atoms with Crippen LogP contribution in [0.25, 0.3) is 21.8 Å². The van der Waals surface area contributed by atoms with E-state index in [4.69, 9.17) is 11.6 Å². The number of carbonyl (C=O) groups excluding carboxylic acids is 1. The number of amides is 2. The summed E-state index contributed by atoms with van der Waals surface area (Å²) in [5.74, 6) is 0. The summed E-state index contributed by atoms with van der Waals surface area (Å²) in [5.41, 5.74) is 4.59. The van der Waals surface area contributed by atoms with Crippen LogP contribution in [0.4, 0.5) is 16.2 Å². The van der Waals surface area contributed by atoms with Gasteiger partial charge in [0.15, 0.2) is 0 Å². The number of nitrogens with one attached hydrogen (secondary N) is 2. The first-order chi connectivity index (χ1) is 12.5. The minimum Gasteiger partial charge on any atom is -0.342 e. The lowest BCUT2D eigenvalue weighted by molar-refractivity contribution is 0.262. The fourth-order valence-electron chi connectivity index (χ4n) is 3.27. The normalized spacial score (nSPS) is 11.0. The number of halogens is 1. The van der Waals surface area contributed by atoms with Gasteiger partial charge < -0.3 is 15.2 Å². The first kappa shape index (κ1) is 16.4. The minimum absolute atomic E-state index is 0.301. The van der Waals surface area contributed by atoms with Crippen molar-refractivity contribution < 1.29 is 4.79 Å².